The second-order valence-electron chi connectivity index (χ2n) is 5.15. The van der Waals surface area contributed by atoms with Crippen LogP contribution in [-0.2, 0) is 4.79 Å². The Bertz CT molecular complexity index is 461. The number of benzene rings is 1. The number of anilines is 2. The van der Waals surface area contributed by atoms with E-state index in [4.69, 9.17) is 0 Å². The van der Waals surface area contributed by atoms with E-state index in [1.807, 2.05) is 30.8 Å². The van der Waals surface area contributed by atoms with Gasteiger partial charge in [-0.2, -0.15) is 11.8 Å². The van der Waals surface area contributed by atoms with E-state index in [9.17, 15) is 4.79 Å². The van der Waals surface area contributed by atoms with Crippen LogP contribution in [0.25, 0.3) is 0 Å². The number of carbonyl (C=O) groups excluding carboxylic acids is 1. The van der Waals surface area contributed by atoms with Crippen molar-refractivity contribution in [1.29, 1.82) is 0 Å². The van der Waals surface area contributed by atoms with Crippen molar-refractivity contribution in [3.8, 4) is 0 Å². The molecule has 3 nitrogen and oxygen atoms in total. The summed E-state index contributed by atoms with van der Waals surface area (Å²) in [4.78, 5) is 11.4. The summed E-state index contributed by atoms with van der Waals surface area (Å²) in [6.07, 6.45) is 1.71. The van der Waals surface area contributed by atoms with E-state index >= 15 is 0 Å². The highest BCUT2D eigenvalue weighted by atomic mass is 32.2. The highest BCUT2D eigenvalue weighted by molar-refractivity contribution is 8.00. The molecule has 1 fully saturated rings. The lowest BCUT2D eigenvalue weighted by Crippen LogP contribution is -2.19. The first-order chi connectivity index (χ1) is 9.08. The maximum Gasteiger partial charge on any atom is 0.224 e. The fourth-order valence-corrected chi connectivity index (χ4v) is 3.39. The van der Waals surface area contributed by atoms with Gasteiger partial charge in [-0.25, -0.2) is 0 Å². The molecule has 1 amide bonds. The van der Waals surface area contributed by atoms with Crippen LogP contribution in [0.5, 0.6) is 0 Å². The average molecular weight is 278 g/mol. The van der Waals surface area contributed by atoms with Crippen LogP contribution >= 0.6 is 11.8 Å². The van der Waals surface area contributed by atoms with Crippen LogP contribution in [0.3, 0.4) is 0 Å². The molecule has 4 heteroatoms. The molecule has 2 N–H and O–H groups in total. The van der Waals surface area contributed by atoms with Gasteiger partial charge in [0, 0.05) is 34.8 Å². The van der Waals surface area contributed by atoms with Gasteiger partial charge >= 0.3 is 0 Å². The molecule has 2 unspecified atom stereocenters. The minimum atomic E-state index is 0.0554. The number of amides is 1. The second-order valence-corrected chi connectivity index (χ2v) is 6.62. The molecule has 1 aliphatic heterocycles. The molecule has 104 valence electrons. The molecular formula is C15H22N2OS. The molecule has 2 rings (SSSR count). The van der Waals surface area contributed by atoms with Gasteiger partial charge in [0.25, 0.3) is 0 Å². The maximum atomic E-state index is 11.4. The molecule has 0 aromatic heterocycles. The van der Waals surface area contributed by atoms with Crippen molar-refractivity contribution in [2.24, 2.45) is 0 Å². The summed E-state index contributed by atoms with van der Waals surface area (Å²) >= 11 is 2.02. The number of nitrogens with one attached hydrogen (secondary N) is 2. The van der Waals surface area contributed by atoms with E-state index in [1.54, 1.807) is 0 Å². The summed E-state index contributed by atoms with van der Waals surface area (Å²) in [7, 11) is 0. The lowest BCUT2D eigenvalue weighted by molar-refractivity contribution is -0.115. The van der Waals surface area contributed by atoms with Crippen LogP contribution in [-0.4, -0.2) is 23.0 Å². The van der Waals surface area contributed by atoms with Gasteiger partial charge in [-0.3, -0.25) is 4.79 Å². The fourth-order valence-electron chi connectivity index (χ4n) is 2.24. The Morgan fingerprint density at radius 3 is 2.89 bits per heavy atom. The molecule has 0 bridgehead atoms. The zero-order valence-electron chi connectivity index (χ0n) is 11.8. The lowest BCUT2D eigenvalue weighted by atomic mass is 10.1. The van der Waals surface area contributed by atoms with Gasteiger partial charge < -0.3 is 10.6 Å². The van der Waals surface area contributed by atoms with E-state index in [-0.39, 0.29) is 5.91 Å². The zero-order chi connectivity index (χ0) is 13.8. The minimum absolute atomic E-state index is 0.0554. The van der Waals surface area contributed by atoms with Crippen molar-refractivity contribution >= 4 is 29.0 Å². The van der Waals surface area contributed by atoms with Gasteiger partial charge in [-0.15, -0.1) is 0 Å². The average Bonchev–Trinajstić information content (AvgIpc) is 2.79. The third-order valence-electron chi connectivity index (χ3n) is 3.40. The van der Waals surface area contributed by atoms with Gasteiger partial charge in [0.15, 0.2) is 0 Å². The molecule has 1 aromatic rings. The summed E-state index contributed by atoms with van der Waals surface area (Å²) in [5.74, 6) is 1.21. The summed E-state index contributed by atoms with van der Waals surface area (Å²) in [6, 6.07) is 6.59. The highest BCUT2D eigenvalue weighted by Crippen LogP contribution is 2.30. The molecule has 0 spiro atoms. The van der Waals surface area contributed by atoms with Gasteiger partial charge in [-0.1, -0.05) is 19.9 Å². The molecule has 1 aliphatic rings. The van der Waals surface area contributed by atoms with Crippen LogP contribution in [0.15, 0.2) is 18.2 Å². The van der Waals surface area contributed by atoms with Crippen molar-refractivity contribution in [1.82, 2.24) is 0 Å². The summed E-state index contributed by atoms with van der Waals surface area (Å²) in [6.45, 7) is 6.23. The smallest absolute Gasteiger partial charge is 0.224 e. The van der Waals surface area contributed by atoms with Gasteiger partial charge in [0.2, 0.25) is 5.91 Å². The Balaban J connectivity index is 2.06. The topological polar surface area (TPSA) is 41.1 Å². The number of thioether (sulfide) groups is 1. The van der Waals surface area contributed by atoms with E-state index in [2.05, 4.69) is 30.5 Å². The molecule has 1 heterocycles. The first kappa shape index (κ1) is 14.3. The minimum Gasteiger partial charge on any atom is -0.381 e. The third-order valence-corrected chi connectivity index (χ3v) is 4.76. The molecule has 19 heavy (non-hydrogen) atoms. The Hall–Kier alpha value is -1.16. The van der Waals surface area contributed by atoms with Gasteiger partial charge in [0.1, 0.15) is 0 Å². The predicted molar refractivity (Wildman–Crippen MR) is 84.0 cm³/mol. The second kappa shape index (κ2) is 6.33. The largest absolute Gasteiger partial charge is 0.381 e. The number of carbonyl (C=O) groups is 1. The normalized spacial score (nSPS) is 22.3. The SMILES string of the molecule is CCC(=O)Nc1ccc(C)c(NC2CSC(C)C2)c1. The van der Waals surface area contributed by atoms with Gasteiger partial charge in [-0.05, 0) is 31.0 Å². The van der Waals surface area contributed by atoms with Crippen LogP contribution in [0.4, 0.5) is 11.4 Å². The first-order valence-electron chi connectivity index (χ1n) is 6.87. The van der Waals surface area contributed by atoms with Crippen molar-refractivity contribution in [2.75, 3.05) is 16.4 Å². The van der Waals surface area contributed by atoms with Gasteiger partial charge in [0.05, 0.1) is 0 Å². The highest BCUT2D eigenvalue weighted by Gasteiger charge is 2.22. The Kier molecular flexibility index (Phi) is 4.75. The van der Waals surface area contributed by atoms with E-state index < -0.39 is 0 Å². The van der Waals surface area contributed by atoms with Crippen molar-refractivity contribution in [3.05, 3.63) is 23.8 Å². The molecule has 0 saturated carbocycles. The molecule has 0 radical (unpaired) electrons. The van der Waals surface area contributed by atoms with Crippen molar-refractivity contribution in [2.45, 2.75) is 44.9 Å². The quantitative estimate of drug-likeness (QED) is 0.883. The van der Waals surface area contributed by atoms with E-state index in [1.165, 1.54) is 12.0 Å². The molecular weight excluding hydrogens is 256 g/mol. The Morgan fingerprint density at radius 1 is 1.47 bits per heavy atom. The first-order valence-corrected chi connectivity index (χ1v) is 7.92. The lowest BCUT2D eigenvalue weighted by Gasteiger charge is -2.17. The third kappa shape index (κ3) is 3.90. The van der Waals surface area contributed by atoms with Crippen LogP contribution in [0, 0.1) is 6.92 Å². The number of aryl methyl sites for hydroxylation is 1. The number of hydrogen-bond donors (Lipinski definition) is 2. The Morgan fingerprint density at radius 2 is 2.26 bits per heavy atom. The summed E-state index contributed by atoms with van der Waals surface area (Å²) in [5.41, 5.74) is 3.23. The number of hydrogen-bond acceptors (Lipinski definition) is 3. The molecule has 1 saturated heterocycles. The van der Waals surface area contributed by atoms with E-state index in [0.29, 0.717) is 12.5 Å². The predicted octanol–water partition coefficient (Wildman–Crippen LogP) is 3.65. The summed E-state index contributed by atoms with van der Waals surface area (Å²) < 4.78 is 0. The zero-order valence-corrected chi connectivity index (χ0v) is 12.6. The molecule has 2 atom stereocenters. The van der Waals surface area contributed by atoms with Crippen LogP contribution < -0.4 is 10.6 Å². The van der Waals surface area contributed by atoms with Crippen LogP contribution in [0.2, 0.25) is 0 Å². The summed E-state index contributed by atoms with van der Waals surface area (Å²) in [5, 5.41) is 7.24. The maximum absolute atomic E-state index is 11.4. The van der Waals surface area contributed by atoms with E-state index in [0.717, 1.165) is 22.4 Å². The molecule has 0 aliphatic carbocycles. The van der Waals surface area contributed by atoms with Crippen molar-refractivity contribution < 1.29 is 4.79 Å². The van der Waals surface area contributed by atoms with Crippen LogP contribution in [0.1, 0.15) is 32.3 Å². The fraction of sp³-hybridized carbons (Fsp3) is 0.533. The molecule has 1 aromatic carbocycles. The Labute approximate surface area is 119 Å². The number of rotatable bonds is 4. The monoisotopic (exact) mass is 278 g/mol. The van der Waals surface area contributed by atoms with Crippen molar-refractivity contribution in [3.63, 3.8) is 0 Å². The standard InChI is InChI=1S/C15H22N2OS/c1-4-15(18)17-12-6-5-10(2)14(8-12)16-13-7-11(3)19-9-13/h5-6,8,11,13,16H,4,7,9H2,1-3H3,(H,17,18).